The molecule has 37 heavy (non-hydrogen) atoms. The maximum absolute atomic E-state index is 14.2. The molecule has 2 aromatic carbocycles. The molecule has 0 fully saturated rings. The van der Waals surface area contributed by atoms with Gasteiger partial charge in [0.2, 0.25) is 0 Å². The van der Waals surface area contributed by atoms with Crippen molar-refractivity contribution in [3.8, 4) is 11.5 Å². The van der Waals surface area contributed by atoms with E-state index in [9.17, 15) is 35.9 Å². The third-order valence-corrected chi connectivity index (χ3v) is 6.28. The first-order valence-electron chi connectivity index (χ1n) is 10.6. The summed E-state index contributed by atoms with van der Waals surface area (Å²) in [6.45, 7) is 9.34. The molecular formula is C25H20F6O5S. The molecule has 0 aliphatic rings. The lowest BCUT2D eigenvalue weighted by atomic mass is 9.99. The lowest BCUT2D eigenvalue weighted by Gasteiger charge is -2.14. The van der Waals surface area contributed by atoms with Gasteiger partial charge in [-0.05, 0) is 44.4 Å². The molecular weight excluding hydrogens is 526 g/mol. The van der Waals surface area contributed by atoms with Crippen LogP contribution in [-0.2, 0) is 26.9 Å². The van der Waals surface area contributed by atoms with Crippen LogP contribution in [0.15, 0.2) is 48.6 Å². The van der Waals surface area contributed by atoms with Gasteiger partial charge in [0.05, 0.1) is 16.9 Å². The highest BCUT2D eigenvalue weighted by Gasteiger charge is 2.38. The first-order valence-corrected chi connectivity index (χ1v) is 11.5. The Morgan fingerprint density at radius 2 is 1.49 bits per heavy atom. The Balaban J connectivity index is 2.15. The Kier molecular flexibility index (Phi) is 7.91. The monoisotopic (exact) mass is 546 g/mol. The minimum atomic E-state index is -5.21. The number of fused-ring (bicyclic) bond motifs is 3. The van der Waals surface area contributed by atoms with Crippen molar-refractivity contribution in [1.29, 1.82) is 0 Å². The molecule has 198 valence electrons. The highest BCUT2D eigenvalue weighted by molar-refractivity contribution is 7.26. The standard InChI is InChI=1S/C25H20F6O5S/c1-12(2)22(32)34-11-5-6-14-7-8-15-16-9-10-17(35-23(33)13(3)4)19(36-25(29,30)31)21(16)37-20(15)18(14)24(26,27)28/h7-10H,1,3,5-6,11H2,2,4H3. The number of alkyl halides is 6. The predicted octanol–water partition coefficient (Wildman–Crippen LogP) is 7.51. The number of halogens is 6. The van der Waals surface area contributed by atoms with Gasteiger partial charge in [-0.3, -0.25) is 0 Å². The van der Waals surface area contributed by atoms with Crippen molar-refractivity contribution in [2.45, 2.75) is 39.2 Å². The van der Waals surface area contributed by atoms with Crippen LogP contribution in [0, 0.1) is 0 Å². The highest BCUT2D eigenvalue weighted by Crippen LogP contribution is 2.50. The van der Waals surface area contributed by atoms with Crippen molar-refractivity contribution in [3.63, 3.8) is 0 Å². The summed E-state index contributed by atoms with van der Waals surface area (Å²) >= 11 is 0.439. The van der Waals surface area contributed by atoms with Crippen molar-refractivity contribution in [2.75, 3.05) is 6.61 Å². The minimum absolute atomic E-state index is 0.0505. The molecule has 3 rings (SSSR count). The van der Waals surface area contributed by atoms with Crippen LogP contribution in [0.2, 0.25) is 0 Å². The molecule has 0 spiro atoms. The Morgan fingerprint density at radius 3 is 2.05 bits per heavy atom. The van der Waals surface area contributed by atoms with Gasteiger partial charge in [-0.1, -0.05) is 25.3 Å². The molecule has 0 N–H and O–H groups in total. The van der Waals surface area contributed by atoms with Gasteiger partial charge in [-0.2, -0.15) is 13.2 Å². The molecule has 0 aliphatic heterocycles. The van der Waals surface area contributed by atoms with Gasteiger partial charge < -0.3 is 14.2 Å². The topological polar surface area (TPSA) is 61.8 Å². The van der Waals surface area contributed by atoms with E-state index >= 15 is 0 Å². The van der Waals surface area contributed by atoms with E-state index in [0.29, 0.717) is 11.3 Å². The zero-order valence-electron chi connectivity index (χ0n) is 19.6. The Bertz CT molecular complexity index is 1400. The van der Waals surface area contributed by atoms with E-state index < -0.39 is 41.5 Å². The van der Waals surface area contributed by atoms with Gasteiger partial charge in [0.15, 0.2) is 11.5 Å². The van der Waals surface area contributed by atoms with E-state index in [1.54, 1.807) is 0 Å². The Hall–Kier alpha value is -3.54. The Morgan fingerprint density at radius 1 is 0.892 bits per heavy atom. The first-order chi connectivity index (χ1) is 17.1. The van der Waals surface area contributed by atoms with Crippen molar-refractivity contribution in [2.24, 2.45) is 0 Å². The fourth-order valence-electron chi connectivity index (χ4n) is 3.45. The second-order valence-electron chi connectivity index (χ2n) is 8.08. The number of carbonyl (C=O) groups is 2. The van der Waals surface area contributed by atoms with Crippen molar-refractivity contribution in [1.82, 2.24) is 0 Å². The third-order valence-electron chi connectivity index (χ3n) is 5.04. The molecule has 3 aromatic rings. The van der Waals surface area contributed by atoms with Crippen molar-refractivity contribution < 1.29 is 50.1 Å². The van der Waals surface area contributed by atoms with Gasteiger partial charge >= 0.3 is 24.5 Å². The van der Waals surface area contributed by atoms with Gasteiger partial charge in [0, 0.05) is 26.6 Å². The van der Waals surface area contributed by atoms with Crippen LogP contribution in [0.1, 0.15) is 31.4 Å². The minimum Gasteiger partial charge on any atom is -0.462 e. The molecule has 0 radical (unpaired) electrons. The summed E-state index contributed by atoms with van der Waals surface area (Å²) in [4.78, 5) is 23.4. The molecule has 12 heteroatoms. The number of hydrogen-bond donors (Lipinski definition) is 0. The number of ether oxygens (including phenoxy) is 3. The van der Waals surface area contributed by atoms with Crippen molar-refractivity contribution in [3.05, 3.63) is 59.7 Å². The average molecular weight is 546 g/mol. The molecule has 0 bridgehead atoms. The second-order valence-corrected chi connectivity index (χ2v) is 9.10. The summed E-state index contributed by atoms with van der Waals surface area (Å²) < 4.78 is 95.6. The fourth-order valence-corrected chi connectivity index (χ4v) is 4.82. The number of carbonyl (C=O) groups excluding carboxylic acids is 2. The number of thiophene rings is 1. The Labute approximate surface area is 210 Å². The zero-order valence-corrected chi connectivity index (χ0v) is 20.4. The maximum atomic E-state index is 14.2. The highest BCUT2D eigenvalue weighted by atomic mass is 32.1. The SMILES string of the molecule is C=C(C)C(=O)OCCCc1ccc2c(sc3c(OC(F)(F)F)c(OC(=O)C(=C)C)ccc32)c1C(F)(F)F. The summed E-state index contributed by atoms with van der Waals surface area (Å²) in [7, 11) is 0. The maximum Gasteiger partial charge on any atom is 0.573 e. The van der Waals surface area contributed by atoms with Gasteiger partial charge in [0.25, 0.3) is 0 Å². The van der Waals surface area contributed by atoms with Crippen LogP contribution >= 0.6 is 11.3 Å². The second kappa shape index (κ2) is 10.4. The largest absolute Gasteiger partial charge is 0.573 e. The van der Waals surface area contributed by atoms with Crippen LogP contribution in [-0.4, -0.2) is 24.9 Å². The van der Waals surface area contributed by atoms with E-state index in [4.69, 9.17) is 9.47 Å². The summed E-state index contributed by atoms with van der Waals surface area (Å²) in [6, 6.07) is 4.88. The number of benzene rings is 2. The number of esters is 2. The smallest absolute Gasteiger partial charge is 0.462 e. The van der Waals surface area contributed by atoms with E-state index in [1.165, 1.54) is 32.0 Å². The molecule has 0 atom stereocenters. The molecule has 1 heterocycles. The number of rotatable bonds is 8. The predicted molar refractivity (Wildman–Crippen MR) is 126 cm³/mol. The summed E-state index contributed by atoms with van der Waals surface area (Å²) in [5.41, 5.74) is -1.10. The van der Waals surface area contributed by atoms with E-state index in [2.05, 4.69) is 17.9 Å². The fraction of sp³-hybridized carbons (Fsp3) is 0.280. The first kappa shape index (κ1) is 28.0. The quantitative estimate of drug-likeness (QED) is 0.0963. The summed E-state index contributed by atoms with van der Waals surface area (Å²) in [6.07, 6.45) is -10.1. The molecule has 0 saturated carbocycles. The number of hydrogen-bond acceptors (Lipinski definition) is 6. The van der Waals surface area contributed by atoms with Crippen LogP contribution < -0.4 is 9.47 Å². The van der Waals surface area contributed by atoms with E-state index in [-0.39, 0.29) is 56.3 Å². The van der Waals surface area contributed by atoms with Gasteiger partial charge in [-0.25, -0.2) is 9.59 Å². The van der Waals surface area contributed by atoms with Crippen LogP contribution in [0.25, 0.3) is 20.2 Å². The van der Waals surface area contributed by atoms with Gasteiger partial charge in [-0.15, -0.1) is 24.5 Å². The third kappa shape index (κ3) is 6.43. The van der Waals surface area contributed by atoms with Gasteiger partial charge in [0.1, 0.15) is 0 Å². The summed E-state index contributed by atoms with van der Waals surface area (Å²) in [5.74, 6) is -3.24. The molecule has 5 nitrogen and oxygen atoms in total. The normalized spacial score (nSPS) is 12.0. The molecule has 0 amide bonds. The number of aryl methyl sites for hydroxylation is 1. The van der Waals surface area contributed by atoms with E-state index in [1.807, 2.05) is 0 Å². The van der Waals surface area contributed by atoms with Crippen LogP contribution in [0.3, 0.4) is 0 Å². The molecule has 0 saturated heterocycles. The molecule has 0 unspecified atom stereocenters. The lowest BCUT2D eigenvalue weighted by molar-refractivity contribution is -0.274. The average Bonchev–Trinajstić information content (AvgIpc) is 3.14. The van der Waals surface area contributed by atoms with E-state index in [0.717, 1.165) is 6.07 Å². The van der Waals surface area contributed by atoms with Crippen LogP contribution in [0.5, 0.6) is 11.5 Å². The molecule has 0 aliphatic carbocycles. The lowest BCUT2D eigenvalue weighted by Crippen LogP contribution is -2.18. The van der Waals surface area contributed by atoms with Crippen molar-refractivity contribution >= 4 is 43.4 Å². The summed E-state index contributed by atoms with van der Waals surface area (Å²) in [5, 5.41) is 0.108. The van der Waals surface area contributed by atoms with Crippen LogP contribution in [0.4, 0.5) is 26.3 Å². The zero-order chi connectivity index (χ0) is 27.7. The molecule has 1 aromatic heterocycles.